The molecule has 0 amide bonds. The highest BCUT2D eigenvalue weighted by molar-refractivity contribution is 6.15. The van der Waals surface area contributed by atoms with Crippen molar-refractivity contribution in [2.45, 2.75) is 157 Å². The van der Waals surface area contributed by atoms with E-state index in [9.17, 15) is 55.2 Å². The third-order valence-electron chi connectivity index (χ3n) is 12.3. The van der Waals surface area contributed by atoms with Crippen LogP contribution in [0, 0.1) is 0 Å². The van der Waals surface area contributed by atoms with E-state index in [1.165, 1.54) is 38.1 Å². The molecule has 0 unspecified atom stereocenters. The fraction of sp³-hybridized carbons (Fsp3) is 0.605. The monoisotopic (exact) mass is 858 g/mol. The van der Waals surface area contributed by atoms with Crippen LogP contribution in [0.5, 0.6) is 17.2 Å². The average molecular weight is 859 g/mol. The van der Waals surface area contributed by atoms with Gasteiger partial charge in [-0.3, -0.25) is 9.59 Å². The molecule has 18 heteroatoms. The standard InChI is InChI=1S/C43H54O18/c1-4-5-6-7-8-9-10-11-12-23-27-36-28(24(46)17-25(57-36)21-13-15-22(45)16-14-21)32(49)29(37(27)60-61-43(23)40(53)20(3)56-42(43)54)38-35(52)39(31(48)26(18-44)58-38)59-41-34(51)33(50)30(47)19(2)55-41/h13-17,19-20,23,26,30-31,33-35,38-39,41,44-45,47-52H,4-12,18H2,1-3H3/t19-,20+,23+,26+,30-,31+,33+,34+,35-,38-,39-,41-,43-/m0/s1. The van der Waals surface area contributed by atoms with Crippen molar-refractivity contribution in [1.29, 1.82) is 0 Å². The Morgan fingerprint density at radius 2 is 1.46 bits per heavy atom. The van der Waals surface area contributed by atoms with Crippen molar-refractivity contribution in [2.75, 3.05) is 6.61 Å². The lowest BCUT2D eigenvalue weighted by Gasteiger charge is -2.46. The fourth-order valence-electron chi connectivity index (χ4n) is 8.89. The van der Waals surface area contributed by atoms with E-state index in [1.807, 2.05) is 0 Å². The van der Waals surface area contributed by atoms with Crippen LogP contribution in [-0.4, -0.2) is 126 Å². The van der Waals surface area contributed by atoms with Gasteiger partial charge in [-0.05, 0) is 44.5 Å². The topological polar surface area (TPSA) is 282 Å². The molecule has 3 aromatic rings. The first-order valence-electron chi connectivity index (χ1n) is 20.9. The van der Waals surface area contributed by atoms with Crippen molar-refractivity contribution in [2.24, 2.45) is 0 Å². The number of fused-ring (bicyclic) bond motifs is 3. The van der Waals surface area contributed by atoms with Crippen LogP contribution in [0.15, 0.2) is 39.5 Å². The van der Waals surface area contributed by atoms with E-state index in [2.05, 4.69) is 6.92 Å². The Morgan fingerprint density at radius 3 is 2.10 bits per heavy atom. The summed E-state index contributed by atoms with van der Waals surface area (Å²) in [6.07, 6.45) is -11.0. The van der Waals surface area contributed by atoms with Crippen molar-refractivity contribution >= 4 is 22.7 Å². The van der Waals surface area contributed by atoms with Crippen molar-refractivity contribution < 1.29 is 83.6 Å². The van der Waals surface area contributed by atoms with Gasteiger partial charge in [-0.25, -0.2) is 4.79 Å². The van der Waals surface area contributed by atoms with Crippen LogP contribution >= 0.6 is 0 Å². The number of aliphatic hydroxyl groups is 6. The number of rotatable bonds is 14. The Kier molecular flexibility index (Phi) is 13.4. The van der Waals surface area contributed by atoms with E-state index in [0.29, 0.717) is 18.4 Å². The number of benzene rings is 2. The predicted molar refractivity (Wildman–Crippen MR) is 210 cm³/mol. The van der Waals surface area contributed by atoms with Crippen molar-refractivity contribution in [3.63, 3.8) is 0 Å². The molecule has 5 heterocycles. The predicted octanol–water partition coefficient (Wildman–Crippen LogP) is 2.43. The molecule has 7 rings (SSSR count). The van der Waals surface area contributed by atoms with Gasteiger partial charge in [0, 0.05) is 23.1 Å². The minimum absolute atomic E-state index is 0.0228. The van der Waals surface area contributed by atoms with E-state index in [-0.39, 0.29) is 29.1 Å². The number of unbranched alkanes of at least 4 members (excludes halogenated alkanes) is 7. The maximum Gasteiger partial charge on any atom is 0.352 e. The van der Waals surface area contributed by atoms with Gasteiger partial charge < -0.3 is 69.1 Å². The molecule has 8 N–H and O–H groups in total. The molecule has 4 aliphatic rings. The first-order valence-corrected chi connectivity index (χ1v) is 20.9. The first-order chi connectivity index (χ1) is 29.2. The molecule has 3 saturated heterocycles. The zero-order valence-corrected chi connectivity index (χ0v) is 34.0. The number of carbonyl (C=O) groups is 2. The van der Waals surface area contributed by atoms with Gasteiger partial charge in [-0.1, -0.05) is 58.3 Å². The normalized spacial score (nSPS) is 33.8. The van der Waals surface area contributed by atoms with Crippen LogP contribution in [0.25, 0.3) is 22.3 Å². The number of hydrogen-bond donors (Lipinski definition) is 8. The van der Waals surface area contributed by atoms with Gasteiger partial charge in [0.1, 0.15) is 77.1 Å². The second-order valence-corrected chi connectivity index (χ2v) is 16.4. The molecule has 4 aliphatic heterocycles. The summed E-state index contributed by atoms with van der Waals surface area (Å²) >= 11 is 0. The summed E-state index contributed by atoms with van der Waals surface area (Å²) in [5.41, 5.74) is -3.72. The van der Waals surface area contributed by atoms with Crippen LogP contribution in [0.3, 0.4) is 0 Å². The second-order valence-electron chi connectivity index (χ2n) is 16.4. The lowest BCUT2D eigenvalue weighted by Crippen LogP contribution is -2.62. The zero-order valence-electron chi connectivity index (χ0n) is 34.0. The number of hydrogen-bond acceptors (Lipinski definition) is 18. The summed E-state index contributed by atoms with van der Waals surface area (Å²) in [7, 11) is 0. The minimum Gasteiger partial charge on any atom is -0.508 e. The molecule has 0 saturated carbocycles. The maximum absolute atomic E-state index is 14.3. The molecule has 0 bridgehead atoms. The van der Waals surface area contributed by atoms with E-state index >= 15 is 0 Å². The van der Waals surface area contributed by atoms with E-state index in [0.717, 1.165) is 44.6 Å². The largest absolute Gasteiger partial charge is 0.508 e. The fourth-order valence-corrected chi connectivity index (χ4v) is 8.89. The SMILES string of the molecule is CCCCCCCCCC[C@@H]1c2c(c([C@@H]3O[C@H](CO)[C@@H](O)[C@H](O[C@@H]4O[C@@H](C)[C@H](O)[C@@H](O)[C@H]4O)[C@H]3O)c(O)c3c(=O)cc(-c4ccc(O)cc4)oc23)OO[C@@]12C(=O)O[C@H](C)C2=O. The van der Waals surface area contributed by atoms with Gasteiger partial charge in [0.15, 0.2) is 23.6 Å². The van der Waals surface area contributed by atoms with Crippen LogP contribution in [0.2, 0.25) is 0 Å². The maximum atomic E-state index is 14.3. The zero-order chi connectivity index (χ0) is 43.9. The first kappa shape index (κ1) is 44.8. The molecule has 61 heavy (non-hydrogen) atoms. The molecule has 18 nitrogen and oxygen atoms in total. The highest BCUT2D eigenvalue weighted by Crippen LogP contribution is 2.57. The van der Waals surface area contributed by atoms with Gasteiger partial charge in [-0.2, -0.15) is 4.89 Å². The highest BCUT2D eigenvalue weighted by Gasteiger charge is 2.67. The minimum atomic E-state index is -2.40. The third-order valence-corrected chi connectivity index (χ3v) is 12.3. The number of Topliss-reactive ketones (excluding diaryl/α,β-unsaturated/α-hetero) is 1. The van der Waals surface area contributed by atoms with Crippen LogP contribution in [0.1, 0.15) is 102 Å². The summed E-state index contributed by atoms with van der Waals surface area (Å²) in [5, 5.41) is 86.8. The molecule has 0 radical (unpaired) electrons. The van der Waals surface area contributed by atoms with Crippen LogP contribution in [-0.2, 0) is 33.4 Å². The van der Waals surface area contributed by atoms with Gasteiger partial charge >= 0.3 is 5.97 Å². The summed E-state index contributed by atoms with van der Waals surface area (Å²) in [4.78, 5) is 54.0. The Hall–Kier alpha value is -4.21. The molecule has 3 fully saturated rings. The average Bonchev–Trinajstić information content (AvgIpc) is 3.45. The van der Waals surface area contributed by atoms with Crippen molar-refractivity contribution in [3.8, 4) is 28.6 Å². The number of carbonyl (C=O) groups excluding carboxylic acids is 2. The van der Waals surface area contributed by atoms with Gasteiger partial charge in [0.05, 0.1) is 18.3 Å². The molecule has 1 spiro atoms. The van der Waals surface area contributed by atoms with E-state index in [1.54, 1.807) is 0 Å². The Labute approximate surface area is 350 Å². The molecule has 1 aromatic heterocycles. The number of ether oxygens (including phenoxy) is 4. The lowest BCUT2D eigenvalue weighted by atomic mass is 9.73. The number of esters is 1. The number of aliphatic hydroxyl groups excluding tert-OH is 6. The summed E-state index contributed by atoms with van der Waals surface area (Å²) in [5.74, 6) is -4.47. The summed E-state index contributed by atoms with van der Waals surface area (Å²) in [6.45, 7) is 4.02. The van der Waals surface area contributed by atoms with Crippen molar-refractivity contribution in [3.05, 3.63) is 51.7 Å². The molecular weight excluding hydrogens is 804 g/mol. The Morgan fingerprint density at radius 1 is 0.787 bits per heavy atom. The molecule has 0 aliphatic carbocycles. The second kappa shape index (κ2) is 18.3. The Bertz CT molecular complexity index is 2120. The van der Waals surface area contributed by atoms with Crippen LogP contribution < -0.4 is 10.3 Å². The highest BCUT2D eigenvalue weighted by atomic mass is 17.2. The summed E-state index contributed by atoms with van der Waals surface area (Å²) in [6, 6.07) is 6.79. The number of cyclic esters (lactones) is 1. The van der Waals surface area contributed by atoms with Crippen LogP contribution in [0.4, 0.5) is 0 Å². The van der Waals surface area contributed by atoms with E-state index < -0.39 is 125 Å². The molecule has 13 atom stereocenters. The number of phenolic OH excluding ortho intramolecular Hbond substituents is 2. The van der Waals surface area contributed by atoms with Crippen molar-refractivity contribution in [1.82, 2.24) is 0 Å². The molecule has 2 aromatic carbocycles. The smallest absolute Gasteiger partial charge is 0.352 e. The number of aromatic hydroxyl groups is 2. The molecule has 334 valence electrons. The quantitative estimate of drug-likeness (QED) is 0.0500. The molecular formula is C43H54O18. The van der Waals surface area contributed by atoms with Gasteiger partial charge in [0.2, 0.25) is 5.78 Å². The number of ketones is 1. The van der Waals surface area contributed by atoms with Gasteiger partial charge in [-0.15, -0.1) is 0 Å². The Balaban J connectivity index is 1.40. The summed E-state index contributed by atoms with van der Waals surface area (Å²) < 4.78 is 29.3. The van der Waals surface area contributed by atoms with Gasteiger partial charge in [0.25, 0.3) is 5.60 Å². The third kappa shape index (κ3) is 8.03. The lowest BCUT2D eigenvalue weighted by molar-refractivity contribution is -0.338. The number of phenols is 2. The van der Waals surface area contributed by atoms with E-state index in [4.69, 9.17) is 33.1 Å².